The van der Waals surface area contributed by atoms with E-state index in [-0.39, 0.29) is 0 Å². The lowest BCUT2D eigenvalue weighted by molar-refractivity contribution is 0.485. The highest BCUT2D eigenvalue weighted by atomic mass is 15.4. The van der Waals surface area contributed by atoms with Crippen LogP contribution in [0.3, 0.4) is 0 Å². The number of aromatic nitrogens is 4. The van der Waals surface area contributed by atoms with E-state index in [9.17, 15) is 0 Å². The molecule has 3 rings (SSSR count). The summed E-state index contributed by atoms with van der Waals surface area (Å²) in [6, 6.07) is 2.41. The topological polar surface area (TPSA) is 58.0 Å². The van der Waals surface area contributed by atoms with Gasteiger partial charge in [-0.2, -0.15) is 0 Å². The number of aryl methyl sites for hydroxylation is 2. The fourth-order valence-corrected chi connectivity index (χ4v) is 2.37. The van der Waals surface area contributed by atoms with E-state index >= 15 is 0 Å². The molecule has 1 fully saturated rings. The predicted octanol–water partition coefficient (Wildman–Crippen LogP) is 1.21. The molecule has 0 bridgehead atoms. The molecule has 0 atom stereocenters. The van der Waals surface area contributed by atoms with Gasteiger partial charge >= 0.3 is 0 Å². The fraction of sp³-hybridized carbons (Fsp3) is 0.429. The van der Waals surface area contributed by atoms with Crippen LogP contribution in [0.5, 0.6) is 0 Å². The maximum Gasteiger partial charge on any atom is 0.225 e. The minimum atomic E-state index is 0.415. The van der Waals surface area contributed by atoms with E-state index < -0.39 is 0 Å². The van der Waals surface area contributed by atoms with Crippen LogP contribution in [-0.2, 0) is 0 Å². The fourth-order valence-electron chi connectivity index (χ4n) is 2.37. The van der Waals surface area contributed by atoms with E-state index in [1.54, 1.807) is 18.6 Å². The van der Waals surface area contributed by atoms with Crippen molar-refractivity contribution in [2.24, 2.45) is 0 Å². The number of anilines is 2. The van der Waals surface area contributed by atoms with E-state index in [1.165, 1.54) is 0 Å². The van der Waals surface area contributed by atoms with Crippen LogP contribution in [0, 0.1) is 13.8 Å². The summed E-state index contributed by atoms with van der Waals surface area (Å²) in [5.74, 6) is 1.73. The predicted molar refractivity (Wildman–Crippen MR) is 77.9 cm³/mol. The first-order chi connectivity index (χ1) is 9.63. The van der Waals surface area contributed by atoms with Gasteiger partial charge in [-0.3, -0.25) is 4.98 Å². The summed E-state index contributed by atoms with van der Waals surface area (Å²) >= 11 is 0. The molecule has 0 unspecified atom stereocenters. The number of nitrogens with zero attached hydrogens (tertiary/aromatic N) is 6. The lowest BCUT2D eigenvalue weighted by atomic mass is 10.1. The van der Waals surface area contributed by atoms with Crippen molar-refractivity contribution in [1.29, 1.82) is 0 Å². The van der Waals surface area contributed by atoms with Gasteiger partial charge in [0, 0.05) is 43.9 Å². The van der Waals surface area contributed by atoms with Gasteiger partial charge in [-0.05, 0) is 19.9 Å². The first kappa shape index (κ1) is 12.8. The second-order valence-corrected chi connectivity index (χ2v) is 5.18. The molecule has 6 heteroatoms. The molecule has 1 saturated heterocycles. The Hall–Kier alpha value is -2.24. The third-order valence-electron chi connectivity index (χ3n) is 3.57. The van der Waals surface area contributed by atoms with Gasteiger partial charge in [-0.15, -0.1) is 0 Å². The first-order valence-corrected chi connectivity index (χ1v) is 6.69. The SMILES string of the molecule is Cc1cc(C)nc(N(C)C2CN(c3cnccn3)C2)n1. The minimum Gasteiger partial charge on any atom is -0.351 e. The summed E-state index contributed by atoms with van der Waals surface area (Å²) in [6.45, 7) is 5.84. The monoisotopic (exact) mass is 270 g/mol. The standard InChI is InChI=1S/C14H18N6/c1-10-6-11(2)18-14(17-10)19(3)12-8-20(9-12)13-7-15-4-5-16-13/h4-7,12H,8-9H2,1-3H3. The zero-order valence-corrected chi connectivity index (χ0v) is 12.0. The Kier molecular flexibility index (Phi) is 3.22. The summed E-state index contributed by atoms with van der Waals surface area (Å²) in [5.41, 5.74) is 2.01. The lowest BCUT2D eigenvalue weighted by Crippen LogP contribution is -2.59. The average Bonchev–Trinajstić information content (AvgIpc) is 2.37. The normalized spacial score (nSPS) is 15.1. The van der Waals surface area contributed by atoms with Gasteiger partial charge in [-0.1, -0.05) is 0 Å². The van der Waals surface area contributed by atoms with Crippen LogP contribution in [0.4, 0.5) is 11.8 Å². The van der Waals surface area contributed by atoms with Crippen molar-refractivity contribution in [2.75, 3.05) is 29.9 Å². The van der Waals surface area contributed by atoms with Crippen molar-refractivity contribution in [1.82, 2.24) is 19.9 Å². The van der Waals surface area contributed by atoms with Crippen LogP contribution < -0.4 is 9.80 Å². The van der Waals surface area contributed by atoms with Gasteiger partial charge in [-0.25, -0.2) is 15.0 Å². The molecule has 0 radical (unpaired) electrons. The molecule has 1 aliphatic rings. The van der Waals surface area contributed by atoms with Crippen molar-refractivity contribution < 1.29 is 0 Å². The Morgan fingerprint density at radius 1 is 1.15 bits per heavy atom. The van der Waals surface area contributed by atoms with E-state index in [0.29, 0.717) is 6.04 Å². The molecule has 3 heterocycles. The van der Waals surface area contributed by atoms with Crippen LogP contribution >= 0.6 is 0 Å². The molecule has 2 aromatic rings. The van der Waals surface area contributed by atoms with Crippen LogP contribution in [0.25, 0.3) is 0 Å². The molecule has 6 nitrogen and oxygen atoms in total. The van der Waals surface area contributed by atoms with E-state index in [1.807, 2.05) is 27.0 Å². The Labute approximate surface area is 118 Å². The molecule has 0 saturated carbocycles. The third-order valence-corrected chi connectivity index (χ3v) is 3.57. The molecule has 0 N–H and O–H groups in total. The molecular formula is C14H18N6. The summed E-state index contributed by atoms with van der Waals surface area (Å²) in [4.78, 5) is 21.8. The van der Waals surface area contributed by atoms with E-state index in [0.717, 1.165) is 36.2 Å². The Morgan fingerprint density at radius 2 is 1.85 bits per heavy atom. The van der Waals surface area contributed by atoms with Gasteiger partial charge < -0.3 is 9.80 Å². The molecule has 0 aliphatic carbocycles. The summed E-state index contributed by atoms with van der Waals surface area (Å²) in [5, 5.41) is 0. The second kappa shape index (κ2) is 5.03. The second-order valence-electron chi connectivity index (χ2n) is 5.18. The van der Waals surface area contributed by atoms with Crippen molar-refractivity contribution in [3.05, 3.63) is 36.0 Å². The lowest BCUT2D eigenvalue weighted by Gasteiger charge is -2.44. The highest BCUT2D eigenvalue weighted by molar-refractivity contribution is 5.44. The Balaban J connectivity index is 1.67. The van der Waals surface area contributed by atoms with Crippen molar-refractivity contribution in [3.63, 3.8) is 0 Å². The quantitative estimate of drug-likeness (QED) is 0.835. The molecular weight excluding hydrogens is 252 g/mol. The van der Waals surface area contributed by atoms with Crippen molar-refractivity contribution in [2.45, 2.75) is 19.9 Å². The van der Waals surface area contributed by atoms with Crippen LogP contribution in [0.1, 0.15) is 11.4 Å². The van der Waals surface area contributed by atoms with E-state index in [2.05, 4.69) is 29.7 Å². The largest absolute Gasteiger partial charge is 0.351 e. The number of hydrogen-bond donors (Lipinski definition) is 0. The summed E-state index contributed by atoms with van der Waals surface area (Å²) in [7, 11) is 2.05. The number of rotatable bonds is 3. The number of hydrogen-bond acceptors (Lipinski definition) is 6. The molecule has 0 spiro atoms. The van der Waals surface area contributed by atoms with Gasteiger partial charge in [0.1, 0.15) is 5.82 Å². The smallest absolute Gasteiger partial charge is 0.225 e. The van der Waals surface area contributed by atoms with Crippen molar-refractivity contribution >= 4 is 11.8 Å². The van der Waals surface area contributed by atoms with Gasteiger partial charge in [0.25, 0.3) is 0 Å². The van der Waals surface area contributed by atoms with Crippen molar-refractivity contribution in [3.8, 4) is 0 Å². The highest BCUT2D eigenvalue weighted by Gasteiger charge is 2.32. The number of likely N-dealkylation sites (N-methyl/N-ethyl adjacent to an activating group) is 1. The summed E-state index contributed by atoms with van der Waals surface area (Å²) < 4.78 is 0. The first-order valence-electron chi connectivity index (χ1n) is 6.69. The maximum atomic E-state index is 4.50. The van der Waals surface area contributed by atoms with Crippen LogP contribution in [0.15, 0.2) is 24.7 Å². The molecule has 2 aromatic heterocycles. The Morgan fingerprint density at radius 3 is 2.45 bits per heavy atom. The highest BCUT2D eigenvalue weighted by Crippen LogP contribution is 2.22. The third kappa shape index (κ3) is 2.41. The minimum absolute atomic E-state index is 0.415. The average molecular weight is 270 g/mol. The summed E-state index contributed by atoms with van der Waals surface area (Å²) in [6.07, 6.45) is 5.21. The zero-order valence-electron chi connectivity index (χ0n) is 12.0. The van der Waals surface area contributed by atoms with Crippen LogP contribution in [-0.4, -0.2) is 46.1 Å². The van der Waals surface area contributed by atoms with Gasteiger partial charge in [0.15, 0.2) is 0 Å². The molecule has 0 amide bonds. The molecule has 1 aliphatic heterocycles. The molecule has 20 heavy (non-hydrogen) atoms. The Bertz CT molecular complexity index is 574. The van der Waals surface area contributed by atoms with Gasteiger partial charge in [0.2, 0.25) is 5.95 Å². The van der Waals surface area contributed by atoms with Crippen LogP contribution in [0.2, 0.25) is 0 Å². The maximum absolute atomic E-state index is 4.50. The van der Waals surface area contributed by atoms with Gasteiger partial charge in [0.05, 0.1) is 12.2 Å². The zero-order chi connectivity index (χ0) is 14.1. The molecule has 104 valence electrons. The molecule has 0 aromatic carbocycles. The van der Waals surface area contributed by atoms with E-state index in [4.69, 9.17) is 0 Å².